The molecule has 1 aromatic rings. The third-order valence-electron chi connectivity index (χ3n) is 4.69. The molecule has 0 spiro atoms. The van der Waals surface area contributed by atoms with E-state index in [1.807, 2.05) is 6.07 Å². The molecule has 3 rings (SSSR count). The molecule has 22 heavy (non-hydrogen) atoms. The van der Waals surface area contributed by atoms with Crippen molar-refractivity contribution in [1.29, 1.82) is 0 Å². The van der Waals surface area contributed by atoms with Crippen molar-refractivity contribution >= 4 is 18.3 Å². The maximum absolute atomic E-state index is 12.2. The molecule has 122 valence electrons. The first-order valence-corrected chi connectivity index (χ1v) is 7.91. The van der Waals surface area contributed by atoms with Crippen molar-refractivity contribution in [1.82, 2.24) is 10.6 Å². The first kappa shape index (κ1) is 17.3. The Morgan fingerprint density at radius 3 is 2.68 bits per heavy atom. The Kier molecular flexibility index (Phi) is 6.24. The summed E-state index contributed by atoms with van der Waals surface area (Å²) in [6, 6.07) is 10.6. The summed E-state index contributed by atoms with van der Waals surface area (Å²) < 4.78 is 5.50. The number of amides is 1. The molecule has 0 aromatic heterocycles. The summed E-state index contributed by atoms with van der Waals surface area (Å²) >= 11 is 0. The van der Waals surface area contributed by atoms with Crippen LogP contribution in [0.4, 0.5) is 0 Å². The minimum atomic E-state index is -0.326. The Morgan fingerprint density at radius 2 is 2.09 bits per heavy atom. The standard InChI is InChI=1S/C17H24N2O2.ClH/c20-16(15-12-18-9-10-21-15)19-13-17(7-4-8-17)11-14-5-2-1-3-6-14;/h1-3,5-6,15,18H,4,7-13H2,(H,19,20);1H. The van der Waals surface area contributed by atoms with Gasteiger partial charge in [0.2, 0.25) is 5.91 Å². The fraction of sp³-hybridized carbons (Fsp3) is 0.588. The van der Waals surface area contributed by atoms with Gasteiger partial charge >= 0.3 is 0 Å². The van der Waals surface area contributed by atoms with Crippen molar-refractivity contribution in [2.45, 2.75) is 31.8 Å². The zero-order valence-electron chi connectivity index (χ0n) is 12.8. The zero-order valence-corrected chi connectivity index (χ0v) is 13.7. The van der Waals surface area contributed by atoms with E-state index in [9.17, 15) is 4.79 Å². The van der Waals surface area contributed by atoms with Crippen LogP contribution in [0.15, 0.2) is 30.3 Å². The number of benzene rings is 1. The number of nitrogens with one attached hydrogen (secondary N) is 2. The highest BCUT2D eigenvalue weighted by Gasteiger charge is 2.37. The second-order valence-electron chi connectivity index (χ2n) is 6.30. The molecule has 0 bridgehead atoms. The molecule has 1 amide bonds. The maximum Gasteiger partial charge on any atom is 0.250 e. The normalized spacial score (nSPS) is 23.0. The number of carbonyl (C=O) groups is 1. The lowest BCUT2D eigenvalue weighted by Crippen LogP contribution is -2.51. The summed E-state index contributed by atoms with van der Waals surface area (Å²) in [6.45, 7) is 2.84. The van der Waals surface area contributed by atoms with Crippen LogP contribution in [-0.2, 0) is 16.0 Å². The average Bonchev–Trinajstić information content (AvgIpc) is 2.51. The van der Waals surface area contributed by atoms with E-state index in [-0.39, 0.29) is 29.8 Å². The van der Waals surface area contributed by atoms with E-state index < -0.39 is 0 Å². The molecule has 2 N–H and O–H groups in total. The Balaban J connectivity index is 0.00000176. The summed E-state index contributed by atoms with van der Waals surface area (Å²) in [5, 5.41) is 6.31. The molecule has 2 fully saturated rings. The molecule has 1 aliphatic heterocycles. The summed E-state index contributed by atoms with van der Waals surface area (Å²) in [5.41, 5.74) is 1.61. The molecular weight excluding hydrogens is 300 g/mol. The maximum atomic E-state index is 12.2. The summed E-state index contributed by atoms with van der Waals surface area (Å²) in [4.78, 5) is 12.2. The minimum absolute atomic E-state index is 0. The SMILES string of the molecule is Cl.O=C(NCC1(Cc2ccccc2)CCC1)C1CNCCO1. The van der Waals surface area contributed by atoms with Crippen LogP contribution in [0.25, 0.3) is 0 Å². The topological polar surface area (TPSA) is 50.4 Å². The molecule has 1 saturated heterocycles. The lowest BCUT2D eigenvalue weighted by Gasteiger charge is -2.42. The zero-order chi connectivity index (χ0) is 14.5. The van der Waals surface area contributed by atoms with Crippen LogP contribution in [0, 0.1) is 5.41 Å². The molecule has 5 heteroatoms. The smallest absolute Gasteiger partial charge is 0.250 e. The van der Waals surface area contributed by atoms with Crippen LogP contribution < -0.4 is 10.6 Å². The molecular formula is C17H25ClN2O2. The summed E-state index contributed by atoms with van der Waals surface area (Å²) in [5.74, 6) is 0.0292. The number of hydrogen-bond donors (Lipinski definition) is 2. The highest BCUT2D eigenvalue weighted by atomic mass is 35.5. The van der Waals surface area contributed by atoms with E-state index in [1.54, 1.807) is 0 Å². The Hall–Kier alpha value is -1.10. The summed E-state index contributed by atoms with van der Waals surface area (Å²) in [7, 11) is 0. The molecule has 4 nitrogen and oxygen atoms in total. The average molecular weight is 325 g/mol. The Labute approximate surface area is 138 Å². The van der Waals surface area contributed by atoms with Gasteiger partial charge < -0.3 is 15.4 Å². The van der Waals surface area contributed by atoms with E-state index >= 15 is 0 Å². The Bertz CT molecular complexity index is 471. The van der Waals surface area contributed by atoms with Gasteiger partial charge in [0.15, 0.2) is 0 Å². The molecule has 2 aliphatic rings. The van der Waals surface area contributed by atoms with Gasteiger partial charge in [-0.3, -0.25) is 4.79 Å². The van der Waals surface area contributed by atoms with Crippen molar-refractivity contribution in [3.63, 3.8) is 0 Å². The fourth-order valence-corrected chi connectivity index (χ4v) is 3.24. The van der Waals surface area contributed by atoms with E-state index in [4.69, 9.17) is 4.74 Å². The van der Waals surface area contributed by atoms with Gasteiger partial charge in [0.1, 0.15) is 6.10 Å². The van der Waals surface area contributed by atoms with Crippen molar-refractivity contribution < 1.29 is 9.53 Å². The van der Waals surface area contributed by atoms with Crippen LogP contribution >= 0.6 is 12.4 Å². The number of hydrogen-bond acceptors (Lipinski definition) is 3. The fourth-order valence-electron chi connectivity index (χ4n) is 3.24. The highest BCUT2D eigenvalue weighted by Crippen LogP contribution is 2.43. The van der Waals surface area contributed by atoms with Gasteiger partial charge in [-0.2, -0.15) is 0 Å². The minimum Gasteiger partial charge on any atom is -0.366 e. The van der Waals surface area contributed by atoms with Crippen LogP contribution in [0.1, 0.15) is 24.8 Å². The molecule has 1 atom stereocenters. The quantitative estimate of drug-likeness (QED) is 0.870. The van der Waals surface area contributed by atoms with Crippen molar-refractivity contribution in [2.75, 3.05) is 26.2 Å². The van der Waals surface area contributed by atoms with E-state index in [1.165, 1.54) is 24.8 Å². The van der Waals surface area contributed by atoms with Gasteiger partial charge in [-0.05, 0) is 30.2 Å². The van der Waals surface area contributed by atoms with Crippen LogP contribution in [0.2, 0.25) is 0 Å². The van der Waals surface area contributed by atoms with Gasteiger partial charge in [-0.25, -0.2) is 0 Å². The molecule has 1 heterocycles. The second-order valence-corrected chi connectivity index (χ2v) is 6.30. The van der Waals surface area contributed by atoms with Gasteiger partial charge in [0, 0.05) is 19.6 Å². The van der Waals surface area contributed by atoms with E-state index in [0.29, 0.717) is 13.2 Å². The van der Waals surface area contributed by atoms with E-state index in [2.05, 4.69) is 34.9 Å². The second kappa shape index (κ2) is 7.95. The highest BCUT2D eigenvalue weighted by molar-refractivity contribution is 5.85. The number of rotatable bonds is 5. The first-order chi connectivity index (χ1) is 10.3. The molecule has 1 saturated carbocycles. The predicted octanol–water partition coefficient (Wildman–Crippen LogP) is 1.93. The first-order valence-electron chi connectivity index (χ1n) is 7.91. The third-order valence-corrected chi connectivity index (χ3v) is 4.69. The van der Waals surface area contributed by atoms with Gasteiger partial charge in [-0.15, -0.1) is 12.4 Å². The third kappa shape index (κ3) is 4.22. The summed E-state index contributed by atoms with van der Waals surface area (Å²) in [6.07, 6.45) is 4.40. The number of morpholine rings is 1. The van der Waals surface area contributed by atoms with Crippen LogP contribution in [-0.4, -0.2) is 38.3 Å². The van der Waals surface area contributed by atoms with Crippen molar-refractivity contribution in [3.05, 3.63) is 35.9 Å². The van der Waals surface area contributed by atoms with E-state index in [0.717, 1.165) is 19.5 Å². The lowest BCUT2D eigenvalue weighted by molar-refractivity contribution is -0.135. The monoisotopic (exact) mass is 324 g/mol. The number of ether oxygens (including phenoxy) is 1. The van der Waals surface area contributed by atoms with Crippen molar-refractivity contribution in [2.24, 2.45) is 5.41 Å². The predicted molar refractivity (Wildman–Crippen MR) is 89.3 cm³/mol. The van der Waals surface area contributed by atoms with Crippen molar-refractivity contribution in [3.8, 4) is 0 Å². The van der Waals surface area contributed by atoms with Gasteiger partial charge in [0.25, 0.3) is 0 Å². The molecule has 0 radical (unpaired) electrons. The Morgan fingerprint density at radius 1 is 1.32 bits per heavy atom. The van der Waals surface area contributed by atoms with Crippen LogP contribution in [0.5, 0.6) is 0 Å². The number of carbonyl (C=O) groups excluding carboxylic acids is 1. The molecule has 1 aliphatic carbocycles. The molecule has 1 aromatic carbocycles. The number of halogens is 1. The molecule has 1 unspecified atom stereocenters. The largest absolute Gasteiger partial charge is 0.366 e. The van der Waals surface area contributed by atoms with Gasteiger partial charge in [0.05, 0.1) is 6.61 Å². The van der Waals surface area contributed by atoms with Gasteiger partial charge in [-0.1, -0.05) is 36.8 Å². The van der Waals surface area contributed by atoms with Crippen LogP contribution in [0.3, 0.4) is 0 Å². The lowest BCUT2D eigenvalue weighted by atomic mass is 9.65.